The first kappa shape index (κ1) is 25.2. The topological polar surface area (TPSA) is 88.6 Å². The minimum Gasteiger partial charge on any atom is -0.465 e. The van der Waals surface area contributed by atoms with Crippen LogP contribution in [0.1, 0.15) is 31.1 Å². The molecule has 2 aromatic rings. The third-order valence-electron chi connectivity index (χ3n) is 5.80. The van der Waals surface area contributed by atoms with Crippen LogP contribution in [-0.2, 0) is 9.47 Å². The Morgan fingerprint density at radius 1 is 1.00 bits per heavy atom. The third-order valence-corrected chi connectivity index (χ3v) is 5.80. The number of benzene rings is 2. The number of carbonyl (C=O) groups excluding carboxylic acids is 3. The molecule has 0 radical (unpaired) electrons. The molecule has 2 fully saturated rings. The molecule has 0 N–H and O–H groups in total. The van der Waals surface area contributed by atoms with Crippen LogP contribution in [0.3, 0.4) is 0 Å². The zero-order valence-corrected chi connectivity index (χ0v) is 20.4. The molecule has 3 amide bonds. The quantitative estimate of drug-likeness (QED) is 0.575. The molecular weight excluding hydrogens is 476 g/mol. The smallest absolute Gasteiger partial charge is 0.410 e. The first-order chi connectivity index (χ1) is 17.0. The molecular formula is C25H27F2N3O6. The molecule has 192 valence electrons. The molecule has 0 aliphatic carbocycles. The summed E-state index contributed by atoms with van der Waals surface area (Å²) in [5, 5.41) is 0. The van der Waals surface area contributed by atoms with Crippen molar-refractivity contribution in [1.29, 1.82) is 0 Å². The van der Waals surface area contributed by atoms with E-state index in [4.69, 9.17) is 9.47 Å². The normalized spacial score (nSPS) is 17.7. The van der Waals surface area contributed by atoms with Crippen molar-refractivity contribution in [1.82, 2.24) is 9.80 Å². The van der Waals surface area contributed by atoms with E-state index in [0.29, 0.717) is 13.1 Å². The number of amides is 3. The first-order valence-electron chi connectivity index (χ1n) is 11.4. The van der Waals surface area contributed by atoms with Crippen molar-refractivity contribution >= 4 is 23.8 Å². The van der Waals surface area contributed by atoms with Gasteiger partial charge in [0.1, 0.15) is 11.4 Å². The van der Waals surface area contributed by atoms with Gasteiger partial charge in [0.05, 0.1) is 30.9 Å². The monoisotopic (exact) mass is 503 g/mol. The van der Waals surface area contributed by atoms with E-state index in [1.165, 1.54) is 36.3 Å². The van der Waals surface area contributed by atoms with E-state index in [0.717, 1.165) is 12.1 Å². The number of piperazine rings is 1. The average molecular weight is 504 g/mol. The van der Waals surface area contributed by atoms with Crippen LogP contribution in [0, 0.1) is 11.6 Å². The molecule has 0 aromatic heterocycles. The number of hydrogen-bond donors (Lipinski definition) is 0. The Morgan fingerprint density at radius 3 is 2.39 bits per heavy atom. The van der Waals surface area contributed by atoms with Gasteiger partial charge in [0.25, 0.3) is 0 Å². The highest BCUT2D eigenvalue weighted by Gasteiger charge is 2.43. The largest absolute Gasteiger partial charge is 0.465 e. The minimum atomic E-state index is -0.816. The predicted octanol–water partition coefficient (Wildman–Crippen LogP) is 4.41. The number of nitrogens with zero attached hydrogens (tertiary/aromatic N) is 3. The van der Waals surface area contributed by atoms with Gasteiger partial charge in [0, 0.05) is 25.7 Å². The average Bonchev–Trinajstić information content (AvgIpc) is 3.14. The molecule has 0 spiro atoms. The lowest BCUT2D eigenvalue weighted by molar-refractivity contribution is 0.0128. The predicted molar refractivity (Wildman–Crippen MR) is 125 cm³/mol. The van der Waals surface area contributed by atoms with Gasteiger partial charge in [-0.05, 0) is 51.1 Å². The summed E-state index contributed by atoms with van der Waals surface area (Å²) in [7, 11) is 1.18. The van der Waals surface area contributed by atoms with E-state index in [1.54, 1.807) is 30.6 Å². The Morgan fingerprint density at radius 2 is 1.75 bits per heavy atom. The molecule has 36 heavy (non-hydrogen) atoms. The molecule has 2 saturated heterocycles. The van der Waals surface area contributed by atoms with Gasteiger partial charge in [0.15, 0.2) is 17.4 Å². The number of esters is 1. The molecule has 1 atom stereocenters. The number of methoxy groups -OCH3 is 1. The van der Waals surface area contributed by atoms with Gasteiger partial charge in [-0.2, -0.15) is 0 Å². The number of fused-ring (bicyclic) bond motifs is 1. The zero-order chi connectivity index (χ0) is 26.2. The van der Waals surface area contributed by atoms with Crippen LogP contribution < -0.4 is 9.64 Å². The van der Waals surface area contributed by atoms with Gasteiger partial charge in [-0.1, -0.05) is 0 Å². The summed E-state index contributed by atoms with van der Waals surface area (Å²) in [6, 6.07) is 6.72. The maximum Gasteiger partial charge on any atom is 0.410 e. The summed E-state index contributed by atoms with van der Waals surface area (Å²) in [4.78, 5) is 41.4. The Kier molecular flexibility index (Phi) is 6.75. The van der Waals surface area contributed by atoms with Crippen LogP contribution in [0.4, 0.5) is 24.1 Å². The second kappa shape index (κ2) is 9.63. The number of rotatable bonds is 4. The highest BCUT2D eigenvalue weighted by molar-refractivity contribution is 5.95. The number of hydrogen-bond acceptors (Lipinski definition) is 6. The SMILES string of the molecule is COC(=O)c1ccc(Oc2ccc(N3C[C@@H]4CN(C(=O)OC(C)(C)C)CCN4C3=O)c(F)c2)c(F)c1. The fraction of sp³-hybridized carbons (Fsp3) is 0.400. The Labute approximate surface area is 207 Å². The number of carbonyl (C=O) groups is 3. The van der Waals surface area contributed by atoms with Crippen molar-refractivity contribution in [2.45, 2.75) is 32.4 Å². The van der Waals surface area contributed by atoms with Gasteiger partial charge < -0.3 is 24.0 Å². The van der Waals surface area contributed by atoms with E-state index in [-0.39, 0.29) is 47.9 Å². The molecule has 0 saturated carbocycles. The summed E-state index contributed by atoms with van der Waals surface area (Å²) in [5.74, 6) is -2.43. The molecule has 2 aliphatic heterocycles. The number of anilines is 1. The molecule has 0 unspecified atom stereocenters. The first-order valence-corrected chi connectivity index (χ1v) is 11.4. The lowest BCUT2D eigenvalue weighted by Gasteiger charge is -2.36. The van der Waals surface area contributed by atoms with Crippen LogP contribution in [0.15, 0.2) is 36.4 Å². The lowest BCUT2D eigenvalue weighted by Crippen LogP contribution is -2.54. The Balaban J connectivity index is 1.45. The van der Waals surface area contributed by atoms with Crippen molar-refractivity contribution in [3.63, 3.8) is 0 Å². The van der Waals surface area contributed by atoms with Crippen molar-refractivity contribution in [3.05, 3.63) is 53.6 Å². The van der Waals surface area contributed by atoms with Crippen molar-refractivity contribution in [2.75, 3.05) is 38.2 Å². The maximum atomic E-state index is 15.0. The second-order valence-electron chi connectivity index (χ2n) is 9.52. The van der Waals surface area contributed by atoms with Crippen LogP contribution in [-0.4, -0.2) is 72.8 Å². The fourth-order valence-electron chi connectivity index (χ4n) is 4.13. The standard InChI is InChI=1S/C25H27F2N3O6/c1-25(2,3)36-24(33)28-9-10-29-16(13-28)14-30(23(29)32)20-7-6-17(12-18(20)26)35-21-8-5-15(11-19(21)27)22(31)34-4/h5-8,11-12,16H,9-10,13-14H2,1-4H3/t16-/m0/s1. The molecule has 9 nitrogen and oxygen atoms in total. The molecule has 4 rings (SSSR count). The summed E-state index contributed by atoms with van der Waals surface area (Å²) in [6.07, 6.45) is -0.451. The maximum absolute atomic E-state index is 15.0. The van der Waals surface area contributed by atoms with Crippen LogP contribution in [0.25, 0.3) is 0 Å². The molecule has 2 aliphatic rings. The lowest BCUT2D eigenvalue weighted by atomic mass is 10.2. The number of halogens is 2. The molecule has 2 aromatic carbocycles. The number of ether oxygens (including phenoxy) is 3. The third kappa shape index (κ3) is 5.19. The Hall–Kier alpha value is -3.89. The van der Waals surface area contributed by atoms with E-state index < -0.39 is 29.3 Å². The van der Waals surface area contributed by atoms with Crippen LogP contribution in [0.5, 0.6) is 11.5 Å². The van der Waals surface area contributed by atoms with Crippen LogP contribution >= 0.6 is 0 Å². The van der Waals surface area contributed by atoms with Gasteiger partial charge in [-0.25, -0.2) is 23.2 Å². The van der Waals surface area contributed by atoms with Gasteiger partial charge in [0.2, 0.25) is 0 Å². The highest BCUT2D eigenvalue weighted by atomic mass is 19.1. The highest BCUT2D eigenvalue weighted by Crippen LogP contribution is 2.33. The minimum absolute atomic E-state index is 0.0122. The van der Waals surface area contributed by atoms with Gasteiger partial charge in [-0.15, -0.1) is 0 Å². The summed E-state index contributed by atoms with van der Waals surface area (Å²) in [6.45, 7) is 6.45. The Bertz CT molecular complexity index is 1200. The summed E-state index contributed by atoms with van der Waals surface area (Å²) < 4.78 is 44.8. The summed E-state index contributed by atoms with van der Waals surface area (Å²) in [5.41, 5.74) is -0.574. The fourth-order valence-corrected chi connectivity index (χ4v) is 4.13. The van der Waals surface area contributed by atoms with Crippen molar-refractivity contribution in [2.24, 2.45) is 0 Å². The van der Waals surface area contributed by atoms with Gasteiger partial charge >= 0.3 is 18.1 Å². The molecule has 11 heteroatoms. The van der Waals surface area contributed by atoms with E-state index >= 15 is 4.39 Å². The van der Waals surface area contributed by atoms with E-state index in [2.05, 4.69) is 4.74 Å². The molecule has 2 heterocycles. The summed E-state index contributed by atoms with van der Waals surface area (Å²) >= 11 is 0. The number of urea groups is 1. The van der Waals surface area contributed by atoms with Crippen molar-refractivity contribution < 1.29 is 37.4 Å². The van der Waals surface area contributed by atoms with Crippen molar-refractivity contribution in [3.8, 4) is 11.5 Å². The van der Waals surface area contributed by atoms with Crippen LogP contribution in [0.2, 0.25) is 0 Å². The van der Waals surface area contributed by atoms with E-state index in [9.17, 15) is 18.8 Å². The van der Waals surface area contributed by atoms with Gasteiger partial charge in [-0.3, -0.25) is 4.90 Å². The second-order valence-corrected chi connectivity index (χ2v) is 9.52. The molecule has 0 bridgehead atoms. The van der Waals surface area contributed by atoms with E-state index in [1.807, 2.05) is 0 Å². The zero-order valence-electron chi connectivity index (χ0n) is 20.4.